The fraction of sp³-hybridized carbons (Fsp3) is 0.125. The van der Waals surface area contributed by atoms with Gasteiger partial charge in [0.1, 0.15) is 0 Å². The molecule has 1 N–H and O–H groups in total. The number of carboxylic acids is 1. The van der Waals surface area contributed by atoms with Gasteiger partial charge >= 0.3 is 5.97 Å². The van der Waals surface area contributed by atoms with E-state index in [9.17, 15) is 4.79 Å². The molecule has 11 heavy (non-hydrogen) atoms. The van der Waals surface area contributed by atoms with E-state index in [0.29, 0.717) is 12.0 Å². The number of aliphatic carboxylic acids is 1. The highest BCUT2D eigenvalue weighted by molar-refractivity contribution is 6.45. The van der Waals surface area contributed by atoms with E-state index in [4.69, 9.17) is 5.11 Å². The van der Waals surface area contributed by atoms with Crippen LogP contribution in [0.15, 0.2) is 28.9 Å². The van der Waals surface area contributed by atoms with Crippen molar-refractivity contribution in [3.8, 4) is 0 Å². The Hall–Kier alpha value is -1.38. The van der Waals surface area contributed by atoms with Gasteiger partial charge in [0, 0.05) is 5.57 Å². The molecular weight excluding hydrogens is 142 g/mol. The van der Waals surface area contributed by atoms with E-state index >= 15 is 0 Å². The van der Waals surface area contributed by atoms with E-state index < -0.39 is 5.97 Å². The second-order valence-corrected chi connectivity index (χ2v) is 2.08. The van der Waals surface area contributed by atoms with E-state index in [1.165, 1.54) is 6.08 Å². The standard InChI is InChI=1S/C8H8NO2/c1-3-5-6(4-2)9-7(5)8(10)11/h3H,1-2,4H2,(H,10,11). The predicted molar refractivity (Wildman–Crippen MR) is 42.3 cm³/mol. The van der Waals surface area contributed by atoms with Gasteiger partial charge < -0.3 is 5.11 Å². The maximum atomic E-state index is 10.4. The van der Waals surface area contributed by atoms with Crippen LogP contribution in [0.4, 0.5) is 0 Å². The average molecular weight is 150 g/mol. The molecule has 0 amide bonds. The van der Waals surface area contributed by atoms with Crippen molar-refractivity contribution in [2.75, 3.05) is 0 Å². The van der Waals surface area contributed by atoms with Crippen LogP contribution in [-0.2, 0) is 4.79 Å². The molecule has 0 aromatic rings. The second kappa shape index (κ2) is 2.70. The predicted octanol–water partition coefficient (Wildman–Crippen LogP) is 1.19. The Kier molecular flexibility index (Phi) is 1.89. The summed E-state index contributed by atoms with van der Waals surface area (Å²) in [7, 11) is 0. The van der Waals surface area contributed by atoms with E-state index in [-0.39, 0.29) is 5.71 Å². The Morgan fingerprint density at radius 2 is 2.36 bits per heavy atom. The van der Waals surface area contributed by atoms with Gasteiger partial charge in [0.2, 0.25) is 0 Å². The quantitative estimate of drug-likeness (QED) is 0.656. The van der Waals surface area contributed by atoms with Crippen molar-refractivity contribution in [3.63, 3.8) is 0 Å². The molecule has 0 fully saturated rings. The minimum atomic E-state index is -1.00. The highest BCUT2D eigenvalue weighted by Crippen LogP contribution is 2.22. The van der Waals surface area contributed by atoms with Gasteiger partial charge in [-0.2, -0.15) is 0 Å². The first-order valence-corrected chi connectivity index (χ1v) is 3.18. The molecular formula is C8H8NO2. The lowest BCUT2D eigenvalue weighted by Gasteiger charge is -2.15. The Bertz CT molecular complexity index is 274. The van der Waals surface area contributed by atoms with Crippen LogP contribution in [0.1, 0.15) is 6.42 Å². The normalized spacial score (nSPS) is 15.5. The van der Waals surface area contributed by atoms with Crippen LogP contribution in [0.5, 0.6) is 0 Å². The van der Waals surface area contributed by atoms with Crippen LogP contribution in [0.3, 0.4) is 0 Å². The van der Waals surface area contributed by atoms with Crippen molar-refractivity contribution in [3.05, 3.63) is 30.8 Å². The lowest BCUT2D eigenvalue weighted by atomic mass is 10.0. The smallest absolute Gasteiger partial charge is 0.355 e. The number of nitrogens with zero attached hydrogens (tertiary/aromatic N) is 1. The Morgan fingerprint density at radius 3 is 2.73 bits per heavy atom. The number of hydrogen-bond donors (Lipinski definition) is 1. The number of rotatable bonds is 3. The summed E-state index contributed by atoms with van der Waals surface area (Å²) in [4.78, 5) is 14.1. The molecule has 1 aliphatic heterocycles. The molecule has 0 unspecified atom stereocenters. The van der Waals surface area contributed by atoms with Crippen molar-refractivity contribution in [1.29, 1.82) is 0 Å². The second-order valence-electron chi connectivity index (χ2n) is 2.08. The van der Waals surface area contributed by atoms with Crippen molar-refractivity contribution in [2.24, 2.45) is 4.99 Å². The van der Waals surface area contributed by atoms with E-state index in [1.807, 2.05) is 0 Å². The first kappa shape index (κ1) is 7.72. The summed E-state index contributed by atoms with van der Waals surface area (Å²) < 4.78 is 0. The molecule has 1 heterocycles. The van der Waals surface area contributed by atoms with Crippen molar-refractivity contribution in [1.82, 2.24) is 0 Å². The first-order chi connectivity index (χ1) is 5.20. The molecule has 0 aliphatic carbocycles. The van der Waals surface area contributed by atoms with Gasteiger partial charge in [0.15, 0.2) is 5.71 Å². The number of allylic oxidation sites excluding steroid dienone is 2. The van der Waals surface area contributed by atoms with Gasteiger partial charge in [0.25, 0.3) is 0 Å². The lowest BCUT2D eigenvalue weighted by molar-refractivity contribution is -0.129. The van der Waals surface area contributed by atoms with Gasteiger partial charge in [-0.25, -0.2) is 9.79 Å². The Balaban J connectivity index is 2.82. The Labute approximate surface area is 64.8 Å². The average Bonchev–Trinajstić information content (AvgIpc) is 1.86. The lowest BCUT2D eigenvalue weighted by Crippen LogP contribution is -2.22. The molecule has 1 rings (SSSR count). The molecule has 0 atom stereocenters. The molecule has 0 aromatic carbocycles. The van der Waals surface area contributed by atoms with Crippen LogP contribution in [0, 0.1) is 6.92 Å². The van der Waals surface area contributed by atoms with E-state index in [1.54, 1.807) is 0 Å². The molecule has 0 saturated carbocycles. The maximum absolute atomic E-state index is 10.4. The molecule has 3 heteroatoms. The number of carboxylic acid groups (broad SMARTS) is 1. The molecule has 0 aromatic heterocycles. The van der Waals surface area contributed by atoms with Crippen LogP contribution >= 0.6 is 0 Å². The SMILES string of the molecule is [CH2]CC1=C(C=C)C(C(=O)O)=N1. The minimum absolute atomic E-state index is 0.0960. The van der Waals surface area contributed by atoms with Gasteiger partial charge in [-0.05, 0) is 13.3 Å². The summed E-state index contributed by atoms with van der Waals surface area (Å²) in [6, 6.07) is 0. The molecule has 1 aliphatic rings. The van der Waals surface area contributed by atoms with Crippen LogP contribution in [0.2, 0.25) is 0 Å². The summed E-state index contributed by atoms with van der Waals surface area (Å²) in [5.41, 5.74) is 1.43. The number of hydrogen-bond acceptors (Lipinski definition) is 2. The van der Waals surface area contributed by atoms with Crippen LogP contribution in [-0.4, -0.2) is 16.8 Å². The zero-order valence-electron chi connectivity index (χ0n) is 6.00. The highest BCUT2D eigenvalue weighted by atomic mass is 16.4. The largest absolute Gasteiger partial charge is 0.476 e. The minimum Gasteiger partial charge on any atom is -0.476 e. The van der Waals surface area contributed by atoms with Gasteiger partial charge in [0.05, 0.1) is 5.70 Å². The molecule has 0 bridgehead atoms. The summed E-state index contributed by atoms with van der Waals surface area (Å²) in [5.74, 6) is -1.00. The third-order valence-electron chi connectivity index (χ3n) is 1.46. The molecule has 57 valence electrons. The summed E-state index contributed by atoms with van der Waals surface area (Å²) >= 11 is 0. The van der Waals surface area contributed by atoms with Gasteiger partial charge in [-0.1, -0.05) is 12.7 Å². The number of carbonyl (C=O) groups is 1. The van der Waals surface area contributed by atoms with Crippen molar-refractivity contribution in [2.45, 2.75) is 6.42 Å². The topological polar surface area (TPSA) is 49.7 Å². The monoisotopic (exact) mass is 150 g/mol. The first-order valence-electron chi connectivity index (χ1n) is 3.18. The van der Waals surface area contributed by atoms with Gasteiger partial charge in [-0.3, -0.25) is 0 Å². The number of aliphatic imine (C=N–C) groups is 1. The molecule has 0 saturated heterocycles. The summed E-state index contributed by atoms with van der Waals surface area (Å²) in [6.07, 6.45) is 2.01. The van der Waals surface area contributed by atoms with Crippen molar-refractivity contribution >= 4 is 11.7 Å². The molecule has 3 nitrogen and oxygen atoms in total. The van der Waals surface area contributed by atoms with E-state index in [0.717, 1.165) is 5.70 Å². The van der Waals surface area contributed by atoms with Gasteiger partial charge in [-0.15, -0.1) is 0 Å². The van der Waals surface area contributed by atoms with Crippen LogP contribution in [0.25, 0.3) is 0 Å². The van der Waals surface area contributed by atoms with Crippen molar-refractivity contribution < 1.29 is 9.90 Å². The third-order valence-corrected chi connectivity index (χ3v) is 1.46. The van der Waals surface area contributed by atoms with Crippen LogP contribution < -0.4 is 0 Å². The summed E-state index contributed by atoms with van der Waals surface area (Å²) in [5, 5.41) is 8.51. The third kappa shape index (κ3) is 1.09. The molecule has 0 spiro atoms. The highest BCUT2D eigenvalue weighted by Gasteiger charge is 2.24. The zero-order chi connectivity index (χ0) is 8.43. The summed E-state index contributed by atoms with van der Waals surface area (Å²) in [6.45, 7) is 7.08. The molecule has 1 radical (unpaired) electrons. The Morgan fingerprint density at radius 1 is 1.73 bits per heavy atom. The fourth-order valence-electron chi connectivity index (χ4n) is 0.907. The van der Waals surface area contributed by atoms with E-state index in [2.05, 4.69) is 18.5 Å². The zero-order valence-corrected chi connectivity index (χ0v) is 6.00. The maximum Gasteiger partial charge on any atom is 0.355 e. The fourth-order valence-corrected chi connectivity index (χ4v) is 0.907.